The van der Waals surface area contributed by atoms with Gasteiger partial charge in [-0.3, -0.25) is 9.58 Å². The number of aryl methyl sites for hydroxylation is 2. The highest BCUT2D eigenvalue weighted by Crippen LogP contribution is 2.21. The van der Waals surface area contributed by atoms with Crippen LogP contribution in [0, 0.1) is 0 Å². The lowest BCUT2D eigenvalue weighted by Crippen LogP contribution is -2.31. The molecule has 1 rings (SSSR count). The molecule has 0 unspecified atom stereocenters. The van der Waals surface area contributed by atoms with Crippen LogP contribution in [0.3, 0.4) is 0 Å². The van der Waals surface area contributed by atoms with Gasteiger partial charge in [0.05, 0.1) is 23.0 Å². The van der Waals surface area contributed by atoms with Crippen LogP contribution in [0.15, 0.2) is 0 Å². The van der Waals surface area contributed by atoms with Crippen LogP contribution in [0.2, 0.25) is 5.02 Å². The van der Waals surface area contributed by atoms with Crippen molar-refractivity contribution in [1.82, 2.24) is 20.0 Å². The fourth-order valence-corrected chi connectivity index (χ4v) is 2.25. The maximum Gasteiger partial charge on any atom is 0.0863 e. The number of halogens is 1. The van der Waals surface area contributed by atoms with Crippen LogP contribution in [0.1, 0.15) is 18.3 Å². The number of hydrogen-bond acceptors (Lipinski definition) is 4. The molecule has 1 aromatic heterocycles. The Morgan fingerprint density at radius 2 is 2.16 bits per heavy atom. The number of likely N-dealkylation sites (N-methyl/N-ethyl adjacent to an activating group) is 1. The highest BCUT2D eigenvalue weighted by molar-refractivity contribution is 6.31. The SMILES string of the molecule is CCc1nn(C)c(CN(C)CCNCCOC)c1Cl. The van der Waals surface area contributed by atoms with Crippen molar-refractivity contribution in [3.63, 3.8) is 0 Å². The van der Waals surface area contributed by atoms with E-state index in [4.69, 9.17) is 16.3 Å². The Balaban J connectivity index is 2.39. The van der Waals surface area contributed by atoms with Crippen molar-refractivity contribution >= 4 is 11.6 Å². The Morgan fingerprint density at radius 1 is 1.42 bits per heavy atom. The van der Waals surface area contributed by atoms with Gasteiger partial charge in [0, 0.05) is 40.3 Å². The first-order valence-electron chi connectivity index (χ1n) is 6.68. The summed E-state index contributed by atoms with van der Waals surface area (Å²) in [6, 6.07) is 0. The summed E-state index contributed by atoms with van der Waals surface area (Å²) in [6.45, 7) is 6.42. The van der Waals surface area contributed by atoms with Gasteiger partial charge in [0.1, 0.15) is 0 Å². The van der Waals surface area contributed by atoms with E-state index >= 15 is 0 Å². The molecule has 0 aliphatic rings. The average Bonchev–Trinajstić information content (AvgIpc) is 2.66. The van der Waals surface area contributed by atoms with Crippen molar-refractivity contribution in [2.45, 2.75) is 19.9 Å². The van der Waals surface area contributed by atoms with Gasteiger partial charge < -0.3 is 10.1 Å². The summed E-state index contributed by atoms with van der Waals surface area (Å²) >= 11 is 6.33. The van der Waals surface area contributed by atoms with Gasteiger partial charge in [-0.1, -0.05) is 18.5 Å². The summed E-state index contributed by atoms with van der Waals surface area (Å²) < 4.78 is 6.87. The van der Waals surface area contributed by atoms with E-state index in [1.807, 2.05) is 11.7 Å². The van der Waals surface area contributed by atoms with Gasteiger partial charge in [0.25, 0.3) is 0 Å². The lowest BCUT2D eigenvalue weighted by Gasteiger charge is -2.17. The first-order chi connectivity index (χ1) is 9.10. The van der Waals surface area contributed by atoms with Crippen LogP contribution in [0.5, 0.6) is 0 Å². The van der Waals surface area contributed by atoms with Gasteiger partial charge in [-0.05, 0) is 13.5 Å². The first-order valence-corrected chi connectivity index (χ1v) is 7.06. The fraction of sp³-hybridized carbons (Fsp3) is 0.769. The molecule has 0 aliphatic carbocycles. The summed E-state index contributed by atoms with van der Waals surface area (Å²) in [5.41, 5.74) is 2.06. The second-order valence-electron chi connectivity index (χ2n) is 4.67. The van der Waals surface area contributed by atoms with Crippen LogP contribution in [0.4, 0.5) is 0 Å². The Hall–Kier alpha value is -0.620. The predicted octanol–water partition coefficient (Wildman–Crippen LogP) is 1.30. The smallest absolute Gasteiger partial charge is 0.0863 e. The largest absolute Gasteiger partial charge is 0.383 e. The van der Waals surface area contributed by atoms with Crippen LogP contribution < -0.4 is 5.32 Å². The molecule has 0 fully saturated rings. The Kier molecular flexibility index (Phi) is 7.38. The second-order valence-corrected chi connectivity index (χ2v) is 5.04. The molecule has 6 heteroatoms. The van der Waals surface area contributed by atoms with Crippen molar-refractivity contribution in [3.8, 4) is 0 Å². The molecule has 1 heterocycles. The molecule has 19 heavy (non-hydrogen) atoms. The molecule has 0 aliphatic heterocycles. The Bertz CT molecular complexity index is 381. The van der Waals surface area contributed by atoms with Gasteiger partial charge in [-0.2, -0.15) is 5.10 Å². The van der Waals surface area contributed by atoms with Crippen molar-refractivity contribution in [2.24, 2.45) is 7.05 Å². The zero-order valence-electron chi connectivity index (χ0n) is 12.4. The number of nitrogens with zero attached hydrogens (tertiary/aromatic N) is 3. The van der Waals surface area contributed by atoms with Gasteiger partial charge in [0.2, 0.25) is 0 Å². The monoisotopic (exact) mass is 288 g/mol. The number of methoxy groups -OCH3 is 1. The number of hydrogen-bond donors (Lipinski definition) is 1. The van der Waals surface area contributed by atoms with E-state index in [1.54, 1.807) is 7.11 Å². The number of ether oxygens (including phenoxy) is 1. The zero-order valence-corrected chi connectivity index (χ0v) is 13.1. The van der Waals surface area contributed by atoms with Crippen LogP contribution in [-0.4, -0.2) is 55.1 Å². The first kappa shape index (κ1) is 16.4. The summed E-state index contributed by atoms with van der Waals surface area (Å²) in [7, 11) is 5.75. The van der Waals surface area contributed by atoms with Crippen LogP contribution in [0.25, 0.3) is 0 Å². The normalized spacial score (nSPS) is 11.5. The maximum atomic E-state index is 6.33. The molecule has 0 radical (unpaired) electrons. The maximum absolute atomic E-state index is 6.33. The van der Waals surface area contributed by atoms with Crippen LogP contribution >= 0.6 is 11.6 Å². The molecule has 0 spiro atoms. The minimum absolute atomic E-state index is 0.747. The molecule has 0 aromatic carbocycles. The number of rotatable bonds is 9. The van der Waals surface area contributed by atoms with E-state index in [2.05, 4.69) is 29.3 Å². The quantitative estimate of drug-likeness (QED) is 0.696. The third kappa shape index (κ3) is 5.10. The summed E-state index contributed by atoms with van der Waals surface area (Å²) in [6.07, 6.45) is 0.870. The second kappa shape index (κ2) is 8.53. The molecule has 0 saturated heterocycles. The highest BCUT2D eigenvalue weighted by Gasteiger charge is 2.14. The van der Waals surface area contributed by atoms with E-state index in [0.29, 0.717) is 0 Å². The molecule has 0 atom stereocenters. The molecular formula is C13H25ClN4O. The Morgan fingerprint density at radius 3 is 2.74 bits per heavy atom. The van der Waals surface area contributed by atoms with E-state index in [0.717, 1.165) is 55.6 Å². The third-order valence-corrected chi connectivity index (χ3v) is 3.51. The van der Waals surface area contributed by atoms with Crippen molar-refractivity contribution in [1.29, 1.82) is 0 Å². The molecular weight excluding hydrogens is 264 g/mol. The number of nitrogens with one attached hydrogen (secondary N) is 1. The summed E-state index contributed by atoms with van der Waals surface area (Å²) in [5.74, 6) is 0. The third-order valence-electron chi connectivity index (χ3n) is 3.08. The molecule has 1 aromatic rings. The zero-order chi connectivity index (χ0) is 14.3. The molecule has 5 nitrogen and oxygen atoms in total. The highest BCUT2D eigenvalue weighted by atomic mass is 35.5. The fourth-order valence-electron chi connectivity index (χ4n) is 1.90. The molecule has 0 bridgehead atoms. The van der Waals surface area contributed by atoms with E-state index in [9.17, 15) is 0 Å². The predicted molar refractivity (Wildman–Crippen MR) is 78.7 cm³/mol. The van der Waals surface area contributed by atoms with Crippen molar-refractivity contribution in [2.75, 3.05) is 40.4 Å². The number of aromatic nitrogens is 2. The molecule has 0 amide bonds. The van der Waals surface area contributed by atoms with Gasteiger partial charge in [-0.15, -0.1) is 0 Å². The molecule has 110 valence electrons. The Labute approximate surface area is 120 Å². The summed E-state index contributed by atoms with van der Waals surface area (Å²) in [5, 5.41) is 8.56. The van der Waals surface area contributed by atoms with Gasteiger partial charge in [-0.25, -0.2) is 0 Å². The average molecular weight is 289 g/mol. The minimum atomic E-state index is 0.747. The van der Waals surface area contributed by atoms with E-state index in [-0.39, 0.29) is 0 Å². The lowest BCUT2D eigenvalue weighted by atomic mass is 10.3. The molecule has 1 N–H and O–H groups in total. The van der Waals surface area contributed by atoms with E-state index in [1.165, 1.54) is 0 Å². The molecule has 0 saturated carbocycles. The van der Waals surface area contributed by atoms with Gasteiger partial charge >= 0.3 is 0 Å². The van der Waals surface area contributed by atoms with Crippen molar-refractivity contribution < 1.29 is 4.74 Å². The standard InChI is InChI=1S/C13H25ClN4O/c1-5-11-13(14)12(18(3)16-11)10-17(2)8-6-15-7-9-19-4/h15H,5-10H2,1-4H3. The summed E-state index contributed by atoms with van der Waals surface area (Å²) in [4.78, 5) is 2.24. The minimum Gasteiger partial charge on any atom is -0.383 e. The van der Waals surface area contributed by atoms with Gasteiger partial charge in [0.15, 0.2) is 0 Å². The van der Waals surface area contributed by atoms with E-state index < -0.39 is 0 Å². The topological polar surface area (TPSA) is 42.3 Å². The van der Waals surface area contributed by atoms with Crippen molar-refractivity contribution in [3.05, 3.63) is 16.4 Å². The lowest BCUT2D eigenvalue weighted by molar-refractivity contribution is 0.197. The van der Waals surface area contributed by atoms with Crippen LogP contribution in [-0.2, 0) is 24.8 Å².